The van der Waals surface area contributed by atoms with Crippen LogP contribution in [0.25, 0.3) is 10.8 Å². The maximum Gasteiger partial charge on any atom is 0.434 e. The number of aromatic nitrogens is 4. The van der Waals surface area contributed by atoms with E-state index in [9.17, 15) is 22.8 Å². The van der Waals surface area contributed by atoms with E-state index in [2.05, 4.69) is 20.2 Å². The smallest absolute Gasteiger partial charge is 0.434 e. The molecule has 1 atom stereocenters. The van der Waals surface area contributed by atoms with Gasteiger partial charge in [0, 0.05) is 36.5 Å². The van der Waals surface area contributed by atoms with Crippen LogP contribution in [0.2, 0.25) is 0 Å². The summed E-state index contributed by atoms with van der Waals surface area (Å²) in [6.45, 7) is 0.438. The molecule has 0 aliphatic carbocycles. The van der Waals surface area contributed by atoms with E-state index >= 15 is 0 Å². The van der Waals surface area contributed by atoms with Gasteiger partial charge < -0.3 is 14.5 Å². The maximum absolute atomic E-state index is 13.5. The molecule has 1 fully saturated rings. The van der Waals surface area contributed by atoms with E-state index in [4.69, 9.17) is 4.74 Å². The lowest BCUT2D eigenvalue weighted by atomic mass is 10.0. The van der Waals surface area contributed by atoms with Crippen LogP contribution in [0.15, 0.2) is 60.8 Å². The molecule has 200 valence electrons. The normalized spacial score (nSPS) is 15.8. The molecule has 0 N–H and O–H groups in total. The molecule has 39 heavy (non-hydrogen) atoms. The van der Waals surface area contributed by atoms with Crippen molar-refractivity contribution in [2.45, 2.75) is 18.6 Å². The average molecular weight is 537 g/mol. The Kier molecular flexibility index (Phi) is 7.09. The molecule has 12 heteroatoms. The third kappa shape index (κ3) is 5.22. The van der Waals surface area contributed by atoms with Gasteiger partial charge in [-0.3, -0.25) is 4.79 Å². The number of fused-ring (bicyclic) bond motifs is 1. The Morgan fingerprint density at radius 2 is 1.77 bits per heavy atom. The molecule has 3 heterocycles. The highest BCUT2D eigenvalue weighted by molar-refractivity contribution is 5.94. The summed E-state index contributed by atoms with van der Waals surface area (Å²) in [4.78, 5) is 34.7. The SMILES string of the molecule is COC(=O)[C@@H]1CN(c2nnc(Cc3ccccc3)c3ccccc23)CCN1c1ncc(C=O)c(C(F)(F)F)n1. The minimum Gasteiger partial charge on any atom is -0.467 e. The Hall–Kier alpha value is -4.61. The van der Waals surface area contributed by atoms with Gasteiger partial charge in [0.1, 0.15) is 6.04 Å². The van der Waals surface area contributed by atoms with Gasteiger partial charge in [-0.05, 0) is 5.56 Å². The van der Waals surface area contributed by atoms with Crippen molar-refractivity contribution in [3.8, 4) is 0 Å². The monoisotopic (exact) mass is 536 g/mol. The van der Waals surface area contributed by atoms with Crippen LogP contribution in [-0.4, -0.2) is 65.2 Å². The molecule has 2 aromatic carbocycles. The number of piperazine rings is 1. The lowest BCUT2D eigenvalue weighted by molar-refractivity contribution is -0.142. The zero-order valence-corrected chi connectivity index (χ0v) is 20.8. The third-order valence-electron chi connectivity index (χ3n) is 6.57. The van der Waals surface area contributed by atoms with Gasteiger partial charge in [0.05, 0.1) is 24.9 Å². The highest BCUT2D eigenvalue weighted by Gasteiger charge is 2.40. The molecule has 4 aromatic rings. The molecule has 0 amide bonds. The first-order valence-electron chi connectivity index (χ1n) is 12.1. The number of anilines is 2. The molecular formula is C27H23F3N6O3. The average Bonchev–Trinajstić information content (AvgIpc) is 2.96. The lowest BCUT2D eigenvalue weighted by Crippen LogP contribution is -2.58. The van der Waals surface area contributed by atoms with Crippen molar-refractivity contribution < 1.29 is 27.5 Å². The second-order valence-electron chi connectivity index (χ2n) is 8.95. The number of carbonyl (C=O) groups is 2. The van der Waals surface area contributed by atoms with E-state index in [0.717, 1.165) is 28.2 Å². The summed E-state index contributed by atoms with van der Waals surface area (Å²) in [7, 11) is 1.20. The molecule has 0 bridgehead atoms. The predicted octanol–water partition coefficient (Wildman–Crippen LogP) is 3.71. The van der Waals surface area contributed by atoms with Gasteiger partial charge in [0.25, 0.3) is 0 Å². The van der Waals surface area contributed by atoms with Gasteiger partial charge in [-0.1, -0.05) is 54.6 Å². The van der Waals surface area contributed by atoms with Gasteiger partial charge in [-0.15, -0.1) is 5.10 Å². The Bertz CT molecular complexity index is 1520. The van der Waals surface area contributed by atoms with Crippen molar-refractivity contribution in [3.05, 3.63) is 83.3 Å². The fraction of sp³-hybridized carbons (Fsp3) is 0.259. The fourth-order valence-electron chi connectivity index (χ4n) is 4.68. The zero-order chi connectivity index (χ0) is 27.6. The molecule has 1 aliphatic rings. The van der Waals surface area contributed by atoms with Crippen LogP contribution in [0.3, 0.4) is 0 Å². The van der Waals surface area contributed by atoms with Crippen LogP contribution in [0.4, 0.5) is 24.9 Å². The summed E-state index contributed by atoms with van der Waals surface area (Å²) >= 11 is 0. The standard InChI is InChI=1S/C27H23F3N6O3/c1-39-25(38)22-15-35(11-12-36(22)26-31-14-18(16-37)23(32-26)27(28,29)30)24-20-10-6-5-9-19(20)21(33-34-24)13-17-7-3-2-4-8-17/h2-10,14,16,22H,11-13,15H2,1H3/t22-/m0/s1. The molecule has 0 radical (unpaired) electrons. The first-order valence-corrected chi connectivity index (χ1v) is 12.1. The van der Waals surface area contributed by atoms with E-state index in [-0.39, 0.29) is 25.3 Å². The number of rotatable bonds is 6. The van der Waals surface area contributed by atoms with E-state index < -0.39 is 29.4 Å². The van der Waals surface area contributed by atoms with Gasteiger partial charge in [0.2, 0.25) is 5.95 Å². The number of esters is 1. The Labute approximate surface area is 221 Å². The zero-order valence-electron chi connectivity index (χ0n) is 20.8. The Balaban J connectivity index is 1.48. The number of methoxy groups -OCH3 is 1. The molecule has 9 nitrogen and oxygen atoms in total. The quantitative estimate of drug-likeness (QED) is 0.270. The Morgan fingerprint density at radius 1 is 1.05 bits per heavy atom. The number of hydrogen-bond donors (Lipinski definition) is 0. The van der Waals surface area contributed by atoms with Crippen LogP contribution in [0, 0.1) is 0 Å². The molecule has 0 spiro atoms. The first-order chi connectivity index (χ1) is 18.8. The largest absolute Gasteiger partial charge is 0.467 e. The highest BCUT2D eigenvalue weighted by atomic mass is 19.4. The van der Waals surface area contributed by atoms with Crippen molar-refractivity contribution in [2.75, 3.05) is 36.5 Å². The summed E-state index contributed by atoms with van der Waals surface area (Å²) in [5, 5.41) is 10.7. The minimum atomic E-state index is -4.87. The predicted molar refractivity (Wildman–Crippen MR) is 137 cm³/mol. The van der Waals surface area contributed by atoms with Crippen molar-refractivity contribution in [1.82, 2.24) is 20.2 Å². The van der Waals surface area contributed by atoms with Crippen LogP contribution < -0.4 is 9.80 Å². The number of nitrogens with zero attached hydrogens (tertiary/aromatic N) is 6. The summed E-state index contributed by atoms with van der Waals surface area (Å²) in [6.07, 6.45) is -3.42. The number of halogens is 3. The number of carbonyl (C=O) groups excluding carboxylic acids is 2. The fourth-order valence-corrected chi connectivity index (χ4v) is 4.68. The van der Waals surface area contributed by atoms with Gasteiger partial charge in [-0.2, -0.15) is 18.3 Å². The van der Waals surface area contributed by atoms with Crippen molar-refractivity contribution in [2.24, 2.45) is 0 Å². The topological polar surface area (TPSA) is 101 Å². The number of hydrogen-bond acceptors (Lipinski definition) is 9. The second kappa shape index (κ2) is 10.6. The molecule has 2 aromatic heterocycles. The van der Waals surface area contributed by atoms with Crippen LogP contribution in [0.1, 0.15) is 27.3 Å². The van der Waals surface area contributed by atoms with E-state index in [1.807, 2.05) is 59.5 Å². The van der Waals surface area contributed by atoms with Crippen molar-refractivity contribution >= 4 is 34.8 Å². The van der Waals surface area contributed by atoms with Crippen LogP contribution in [-0.2, 0) is 22.1 Å². The number of alkyl halides is 3. The summed E-state index contributed by atoms with van der Waals surface area (Å²) in [5.41, 5.74) is -0.161. The lowest BCUT2D eigenvalue weighted by Gasteiger charge is -2.40. The first kappa shape index (κ1) is 26.0. The molecule has 0 unspecified atom stereocenters. The number of ether oxygens (including phenoxy) is 1. The van der Waals surface area contributed by atoms with Gasteiger partial charge >= 0.3 is 12.1 Å². The number of aldehydes is 1. The van der Waals surface area contributed by atoms with E-state index in [0.29, 0.717) is 18.8 Å². The summed E-state index contributed by atoms with van der Waals surface area (Å²) in [6, 6.07) is 16.5. The highest BCUT2D eigenvalue weighted by Crippen LogP contribution is 2.33. The number of benzene rings is 2. The van der Waals surface area contributed by atoms with Gasteiger partial charge in [-0.25, -0.2) is 14.8 Å². The van der Waals surface area contributed by atoms with E-state index in [1.54, 1.807) is 0 Å². The maximum atomic E-state index is 13.5. The van der Waals surface area contributed by atoms with Crippen LogP contribution >= 0.6 is 0 Å². The third-order valence-corrected chi connectivity index (χ3v) is 6.57. The Morgan fingerprint density at radius 3 is 2.46 bits per heavy atom. The van der Waals surface area contributed by atoms with Crippen molar-refractivity contribution in [3.63, 3.8) is 0 Å². The summed E-state index contributed by atoms with van der Waals surface area (Å²) < 4.78 is 45.5. The molecular weight excluding hydrogens is 513 g/mol. The molecule has 0 saturated carbocycles. The second-order valence-corrected chi connectivity index (χ2v) is 8.95. The molecule has 1 saturated heterocycles. The molecule has 5 rings (SSSR count). The van der Waals surface area contributed by atoms with Crippen molar-refractivity contribution in [1.29, 1.82) is 0 Å². The molecule has 1 aliphatic heterocycles. The summed E-state index contributed by atoms with van der Waals surface area (Å²) in [5.74, 6) is -0.449. The van der Waals surface area contributed by atoms with Gasteiger partial charge in [0.15, 0.2) is 17.8 Å². The van der Waals surface area contributed by atoms with E-state index in [1.165, 1.54) is 12.0 Å². The minimum absolute atomic E-state index is 0.0452. The van der Waals surface area contributed by atoms with Crippen LogP contribution in [0.5, 0.6) is 0 Å².